The van der Waals surface area contributed by atoms with Crippen LogP contribution in [-0.4, -0.2) is 26.0 Å². The van der Waals surface area contributed by atoms with E-state index in [1.165, 1.54) is 16.7 Å². The van der Waals surface area contributed by atoms with Crippen molar-refractivity contribution in [3.63, 3.8) is 0 Å². The molecule has 7 nitrogen and oxygen atoms in total. The largest absolute Gasteiger partial charge is 0.416 e. The van der Waals surface area contributed by atoms with Gasteiger partial charge in [0.2, 0.25) is 5.91 Å². The van der Waals surface area contributed by atoms with Gasteiger partial charge in [-0.2, -0.15) is 13.2 Å². The number of alkyl halides is 3. The Morgan fingerprint density at radius 1 is 1.12 bits per heavy atom. The standard InChI is InChI=1S/C23H20ClF3N4O3/c24-14-7-5-13(6-8-14)21-29-30(22(34)31(21)15-9-10-15)12-16(32)11-18(20(28)33)17-3-1-2-4-19(17)23(25,26)27/h1-8,15,18H,9-12H2,(H2,28,33). The third kappa shape index (κ3) is 4.91. The molecule has 1 aliphatic rings. The summed E-state index contributed by atoms with van der Waals surface area (Å²) in [5.74, 6) is -2.85. The molecule has 1 saturated carbocycles. The first-order valence-electron chi connectivity index (χ1n) is 10.5. The molecule has 34 heavy (non-hydrogen) atoms. The fourth-order valence-electron chi connectivity index (χ4n) is 3.86. The van der Waals surface area contributed by atoms with Crippen molar-refractivity contribution in [2.24, 2.45) is 5.73 Å². The second-order valence-electron chi connectivity index (χ2n) is 8.15. The van der Waals surface area contributed by atoms with E-state index in [-0.39, 0.29) is 11.6 Å². The minimum Gasteiger partial charge on any atom is -0.369 e. The van der Waals surface area contributed by atoms with E-state index < -0.39 is 48.0 Å². The van der Waals surface area contributed by atoms with Crippen LogP contribution in [0.3, 0.4) is 0 Å². The van der Waals surface area contributed by atoms with E-state index in [0.29, 0.717) is 16.4 Å². The van der Waals surface area contributed by atoms with E-state index >= 15 is 0 Å². The van der Waals surface area contributed by atoms with E-state index in [4.69, 9.17) is 17.3 Å². The number of hydrogen-bond donors (Lipinski definition) is 1. The molecule has 0 bridgehead atoms. The van der Waals surface area contributed by atoms with Crippen LogP contribution in [-0.2, 0) is 22.3 Å². The smallest absolute Gasteiger partial charge is 0.369 e. The zero-order chi connectivity index (χ0) is 24.6. The lowest BCUT2D eigenvalue weighted by Gasteiger charge is -2.18. The minimum absolute atomic E-state index is 0.0425. The van der Waals surface area contributed by atoms with E-state index in [1.54, 1.807) is 24.3 Å². The highest BCUT2D eigenvalue weighted by atomic mass is 35.5. The van der Waals surface area contributed by atoms with Gasteiger partial charge in [-0.25, -0.2) is 9.48 Å². The van der Waals surface area contributed by atoms with Crippen molar-refractivity contribution in [3.8, 4) is 11.4 Å². The summed E-state index contributed by atoms with van der Waals surface area (Å²) in [7, 11) is 0. The van der Waals surface area contributed by atoms with Gasteiger partial charge < -0.3 is 5.73 Å². The van der Waals surface area contributed by atoms with Crippen LogP contribution in [0.15, 0.2) is 53.3 Å². The molecule has 2 aromatic carbocycles. The van der Waals surface area contributed by atoms with Crippen LogP contribution in [0, 0.1) is 0 Å². The van der Waals surface area contributed by atoms with E-state index in [9.17, 15) is 27.6 Å². The molecule has 3 aromatic rings. The molecular weight excluding hydrogens is 473 g/mol. The highest BCUT2D eigenvalue weighted by Crippen LogP contribution is 2.37. The summed E-state index contributed by atoms with van der Waals surface area (Å²) in [5.41, 5.74) is 4.07. The Balaban J connectivity index is 1.62. The molecule has 1 aliphatic carbocycles. The van der Waals surface area contributed by atoms with Gasteiger partial charge in [0, 0.05) is 23.0 Å². The number of amides is 1. The molecule has 1 atom stereocenters. The highest BCUT2D eigenvalue weighted by Gasteiger charge is 2.37. The first-order valence-corrected chi connectivity index (χ1v) is 10.9. The van der Waals surface area contributed by atoms with Crippen LogP contribution >= 0.6 is 11.6 Å². The van der Waals surface area contributed by atoms with Crippen molar-refractivity contribution in [1.29, 1.82) is 0 Å². The number of Topliss-reactive ketones (excluding diaryl/α,β-unsaturated/α-hetero) is 1. The number of hydrogen-bond acceptors (Lipinski definition) is 4. The van der Waals surface area contributed by atoms with E-state index in [2.05, 4.69) is 5.10 Å². The number of benzene rings is 2. The van der Waals surface area contributed by atoms with Gasteiger partial charge in [-0.05, 0) is 48.7 Å². The molecule has 0 saturated heterocycles. The number of rotatable bonds is 8. The molecule has 11 heteroatoms. The van der Waals surface area contributed by atoms with Gasteiger partial charge in [0.15, 0.2) is 11.6 Å². The van der Waals surface area contributed by atoms with Crippen LogP contribution in [0.1, 0.15) is 42.3 Å². The molecule has 1 fully saturated rings. The minimum atomic E-state index is -4.72. The molecule has 1 amide bonds. The number of nitrogens with zero attached hydrogens (tertiary/aromatic N) is 3. The fourth-order valence-corrected chi connectivity index (χ4v) is 3.99. The van der Waals surface area contributed by atoms with E-state index in [1.807, 2.05) is 0 Å². The predicted octanol–water partition coefficient (Wildman–Crippen LogP) is 3.95. The van der Waals surface area contributed by atoms with Crippen molar-refractivity contribution in [2.75, 3.05) is 0 Å². The Bertz CT molecular complexity index is 1290. The second-order valence-corrected chi connectivity index (χ2v) is 8.59. The summed E-state index contributed by atoms with van der Waals surface area (Å²) in [6.07, 6.45) is -3.74. The molecule has 0 spiro atoms. The van der Waals surface area contributed by atoms with Crippen molar-refractivity contribution < 1.29 is 22.8 Å². The average Bonchev–Trinajstić information content (AvgIpc) is 3.56. The Labute approximate surface area is 196 Å². The second kappa shape index (κ2) is 9.09. The molecule has 178 valence electrons. The summed E-state index contributed by atoms with van der Waals surface area (Å²) in [5, 5.41) is 4.81. The summed E-state index contributed by atoms with van der Waals surface area (Å²) in [4.78, 5) is 37.8. The number of primary amides is 1. The van der Waals surface area contributed by atoms with Gasteiger partial charge >= 0.3 is 11.9 Å². The third-order valence-electron chi connectivity index (χ3n) is 5.63. The molecule has 1 unspecified atom stereocenters. The summed E-state index contributed by atoms with van der Waals surface area (Å²) in [6, 6.07) is 11.1. The van der Waals surface area contributed by atoms with Crippen molar-refractivity contribution >= 4 is 23.3 Å². The molecule has 0 radical (unpaired) electrons. The van der Waals surface area contributed by atoms with Gasteiger partial charge in [0.1, 0.15) is 6.54 Å². The van der Waals surface area contributed by atoms with Crippen LogP contribution in [0.4, 0.5) is 13.2 Å². The highest BCUT2D eigenvalue weighted by molar-refractivity contribution is 6.30. The van der Waals surface area contributed by atoms with Gasteiger partial charge in [-0.1, -0.05) is 29.8 Å². The lowest BCUT2D eigenvalue weighted by Crippen LogP contribution is -2.30. The van der Waals surface area contributed by atoms with Gasteiger partial charge in [-0.3, -0.25) is 14.2 Å². The molecule has 1 aromatic heterocycles. The van der Waals surface area contributed by atoms with Crippen molar-refractivity contribution in [2.45, 2.75) is 43.9 Å². The topological polar surface area (TPSA) is 100.0 Å². The van der Waals surface area contributed by atoms with Gasteiger partial charge in [0.25, 0.3) is 0 Å². The monoisotopic (exact) mass is 492 g/mol. The first kappa shape index (κ1) is 23.7. The molecular formula is C23H20ClF3N4O3. The molecule has 2 N–H and O–H groups in total. The molecule has 0 aliphatic heterocycles. The van der Waals surface area contributed by atoms with Gasteiger partial charge in [-0.15, -0.1) is 5.10 Å². The molecule has 1 heterocycles. The number of ketones is 1. The Morgan fingerprint density at radius 3 is 2.35 bits per heavy atom. The number of halogens is 4. The maximum atomic E-state index is 13.4. The number of carbonyl (C=O) groups is 2. The lowest BCUT2D eigenvalue weighted by atomic mass is 9.89. The SMILES string of the molecule is NC(=O)C(CC(=O)Cn1nc(-c2ccc(Cl)cc2)n(C2CC2)c1=O)c1ccccc1C(F)(F)F. The Kier molecular flexibility index (Phi) is 6.35. The number of nitrogens with two attached hydrogens (primary N) is 1. The maximum Gasteiger partial charge on any atom is 0.416 e. The van der Waals surface area contributed by atoms with Crippen molar-refractivity contribution in [1.82, 2.24) is 14.3 Å². The Morgan fingerprint density at radius 2 is 1.76 bits per heavy atom. The number of carbonyl (C=O) groups excluding carboxylic acids is 2. The van der Waals surface area contributed by atoms with Crippen LogP contribution < -0.4 is 11.4 Å². The average molecular weight is 493 g/mol. The zero-order valence-corrected chi connectivity index (χ0v) is 18.5. The number of aromatic nitrogens is 3. The quantitative estimate of drug-likeness (QED) is 0.514. The fraction of sp³-hybridized carbons (Fsp3) is 0.304. The zero-order valence-electron chi connectivity index (χ0n) is 17.8. The predicted molar refractivity (Wildman–Crippen MR) is 118 cm³/mol. The maximum absolute atomic E-state index is 13.4. The lowest BCUT2D eigenvalue weighted by molar-refractivity contribution is -0.139. The summed E-state index contributed by atoms with van der Waals surface area (Å²) >= 11 is 5.94. The first-order chi connectivity index (χ1) is 16.1. The molecule has 4 rings (SSSR count). The van der Waals surface area contributed by atoms with E-state index in [0.717, 1.165) is 29.7 Å². The van der Waals surface area contributed by atoms with Crippen LogP contribution in [0.5, 0.6) is 0 Å². The van der Waals surface area contributed by atoms with Crippen molar-refractivity contribution in [3.05, 3.63) is 75.2 Å². The summed E-state index contributed by atoms with van der Waals surface area (Å²) < 4.78 is 42.7. The van der Waals surface area contributed by atoms with Gasteiger partial charge in [0.05, 0.1) is 11.5 Å². The normalized spacial score (nSPS) is 14.7. The van der Waals surface area contributed by atoms with Crippen LogP contribution in [0.2, 0.25) is 5.02 Å². The Hall–Kier alpha value is -3.40. The van der Waals surface area contributed by atoms with Crippen LogP contribution in [0.25, 0.3) is 11.4 Å². The third-order valence-corrected chi connectivity index (χ3v) is 5.88. The summed E-state index contributed by atoms with van der Waals surface area (Å²) in [6.45, 7) is -0.503.